The molecule has 0 spiro atoms. The predicted octanol–water partition coefficient (Wildman–Crippen LogP) is 3.56. The molecule has 0 atom stereocenters. The fraction of sp³-hybridized carbons (Fsp3) is 0.421. The maximum atomic E-state index is 13.0. The molecule has 4 rings (SSSR count). The molecule has 4 heterocycles. The van der Waals surface area contributed by atoms with Gasteiger partial charge in [-0.15, -0.1) is 0 Å². The van der Waals surface area contributed by atoms with Gasteiger partial charge in [0.25, 0.3) is 0 Å². The van der Waals surface area contributed by atoms with E-state index in [4.69, 9.17) is 4.74 Å². The Kier molecular flexibility index (Phi) is 4.39. The van der Waals surface area contributed by atoms with Crippen molar-refractivity contribution < 1.29 is 26.3 Å². The van der Waals surface area contributed by atoms with Gasteiger partial charge in [0.05, 0.1) is 28.7 Å². The van der Waals surface area contributed by atoms with Crippen LogP contribution in [0.15, 0.2) is 23.2 Å². The van der Waals surface area contributed by atoms with Crippen molar-refractivity contribution in [2.45, 2.75) is 43.9 Å². The van der Waals surface area contributed by atoms with Crippen molar-refractivity contribution in [3.8, 4) is 17.3 Å². The van der Waals surface area contributed by atoms with Gasteiger partial charge >= 0.3 is 6.18 Å². The second-order valence-electron chi connectivity index (χ2n) is 7.77. The predicted molar refractivity (Wildman–Crippen MR) is 103 cm³/mol. The van der Waals surface area contributed by atoms with Crippen LogP contribution in [0.4, 0.5) is 13.2 Å². The van der Waals surface area contributed by atoms with E-state index in [1.165, 1.54) is 17.6 Å². The van der Waals surface area contributed by atoms with Crippen molar-refractivity contribution in [1.82, 2.24) is 19.5 Å². The van der Waals surface area contributed by atoms with Gasteiger partial charge in [0.2, 0.25) is 0 Å². The fourth-order valence-corrected chi connectivity index (χ4v) is 4.51. The third-order valence-corrected chi connectivity index (χ3v) is 6.73. The van der Waals surface area contributed by atoms with E-state index >= 15 is 0 Å². The lowest BCUT2D eigenvalue weighted by Gasteiger charge is -2.16. The van der Waals surface area contributed by atoms with Gasteiger partial charge in [-0.05, 0) is 19.9 Å². The van der Waals surface area contributed by atoms with Crippen LogP contribution in [0, 0.1) is 0 Å². The number of hydrogen-bond donors (Lipinski definition) is 0. The molecule has 3 aromatic rings. The van der Waals surface area contributed by atoms with E-state index < -0.39 is 27.3 Å². The number of nitrogens with zero attached hydrogens (tertiary/aromatic N) is 4. The summed E-state index contributed by atoms with van der Waals surface area (Å²) >= 11 is 0. The van der Waals surface area contributed by atoms with Crippen molar-refractivity contribution in [2.24, 2.45) is 7.05 Å². The van der Waals surface area contributed by atoms with Gasteiger partial charge < -0.3 is 9.30 Å². The van der Waals surface area contributed by atoms with Crippen LogP contribution in [-0.4, -0.2) is 39.3 Å². The average molecular weight is 440 g/mol. The van der Waals surface area contributed by atoms with E-state index in [-0.39, 0.29) is 27.7 Å². The minimum Gasteiger partial charge on any atom is -0.485 e. The van der Waals surface area contributed by atoms with Gasteiger partial charge in [0, 0.05) is 19.5 Å². The summed E-state index contributed by atoms with van der Waals surface area (Å²) in [6.07, 6.45) is -3.08. The number of imidazole rings is 1. The molecule has 3 aromatic heterocycles. The summed E-state index contributed by atoms with van der Waals surface area (Å²) in [5.74, 6) is 0.356. The number of aromatic nitrogens is 4. The topological polar surface area (TPSA) is 87.0 Å². The highest BCUT2D eigenvalue weighted by Crippen LogP contribution is 2.39. The Hall–Kier alpha value is -2.69. The fourth-order valence-electron chi connectivity index (χ4n) is 3.48. The maximum Gasteiger partial charge on any atom is 0.433 e. The van der Waals surface area contributed by atoms with Crippen LogP contribution in [0.1, 0.15) is 32.2 Å². The van der Waals surface area contributed by atoms with Crippen molar-refractivity contribution >= 4 is 20.9 Å². The molecule has 0 N–H and O–H groups in total. The van der Waals surface area contributed by atoms with Gasteiger partial charge in [0.1, 0.15) is 27.6 Å². The molecule has 0 aliphatic carbocycles. The van der Waals surface area contributed by atoms with Gasteiger partial charge in [-0.1, -0.05) is 6.92 Å². The quantitative estimate of drug-likeness (QED) is 0.619. The largest absolute Gasteiger partial charge is 0.485 e. The van der Waals surface area contributed by atoms with Gasteiger partial charge in [-0.25, -0.2) is 23.4 Å². The molecule has 0 saturated carbocycles. The van der Waals surface area contributed by atoms with E-state index in [1.807, 2.05) is 13.8 Å². The number of sulfone groups is 1. The lowest BCUT2D eigenvalue weighted by molar-refractivity contribution is -0.141. The summed E-state index contributed by atoms with van der Waals surface area (Å²) in [5.41, 5.74) is -0.571. The normalized spacial score (nSPS) is 16.0. The van der Waals surface area contributed by atoms with Crippen LogP contribution < -0.4 is 4.74 Å². The van der Waals surface area contributed by atoms with Crippen LogP contribution in [0.25, 0.3) is 22.6 Å². The molecule has 11 heteroatoms. The summed E-state index contributed by atoms with van der Waals surface area (Å²) in [7, 11) is -2.13. The molecule has 0 unspecified atom stereocenters. The number of aryl methyl sites for hydroxylation is 1. The lowest BCUT2D eigenvalue weighted by Crippen LogP contribution is -2.24. The van der Waals surface area contributed by atoms with E-state index in [9.17, 15) is 21.6 Å². The van der Waals surface area contributed by atoms with Crippen molar-refractivity contribution in [1.29, 1.82) is 0 Å². The Morgan fingerprint density at radius 2 is 1.93 bits per heavy atom. The average Bonchev–Trinajstić information content (AvgIpc) is 3.14. The number of rotatable bonds is 3. The first-order valence-corrected chi connectivity index (χ1v) is 10.8. The summed E-state index contributed by atoms with van der Waals surface area (Å²) < 4.78 is 72.0. The summed E-state index contributed by atoms with van der Waals surface area (Å²) in [6.45, 7) is 5.23. The number of alkyl halides is 3. The van der Waals surface area contributed by atoms with E-state index in [1.54, 1.807) is 7.05 Å². The van der Waals surface area contributed by atoms with Gasteiger partial charge in [-0.3, -0.25) is 0 Å². The molecule has 160 valence electrons. The summed E-state index contributed by atoms with van der Waals surface area (Å²) in [4.78, 5) is 12.2. The second kappa shape index (κ2) is 6.40. The monoisotopic (exact) mass is 440 g/mol. The smallest absolute Gasteiger partial charge is 0.433 e. The molecular weight excluding hydrogens is 421 g/mol. The van der Waals surface area contributed by atoms with Crippen LogP contribution in [0.5, 0.6) is 5.75 Å². The Labute approximate surface area is 170 Å². The molecule has 0 saturated heterocycles. The molecule has 0 bridgehead atoms. The molecule has 1 aliphatic rings. The summed E-state index contributed by atoms with van der Waals surface area (Å²) in [5, 5.41) is 0. The number of pyridine rings is 2. The zero-order valence-electron chi connectivity index (χ0n) is 16.7. The number of hydrogen-bond acceptors (Lipinski definition) is 6. The minimum atomic E-state index is -4.61. The highest BCUT2D eigenvalue weighted by Gasteiger charge is 2.36. The highest BCUT2D eigenvalue weighted by molar-refractivity contribution is 7.91. The Balaban J connectivity index is 1.98. The molecule has 0 amide bonds. The molecule has 30 heavy (non-hydrogen) atoms. The zero-order chi connectivity index (χ0) is 22.1. The highest BCUT2D eigenvalue weighted by atomic mass is 32.2. The van der Waals surface area contributed by atoms with Crippen LogP contribution in [-0.2, 0) is 29.5 Å². The van der Waals surface area contributed by atoms with E-state index in [0.29, 0.717) is 23.4 Å². The first kappa shape index (κ1) is 20.6. The van der Waals surface area contributed by atoms with E-state index in [2.05, 4.69) is 15.0 Å². The maximum absolute atomic E-state index is 13.0. The number of ether oxygens (including phenoxy) is 1. The first-order valence-electron chi connectivity index (χ1n) is 9.18. The van der Waals surface area contributed by atoms with Gasteiger partial charge in [0.15, 0.2) is 15.7 Å². The Morgan fingerprint density at radius 1 is 1.23 bits per heavy atom. The third-order valence-electron chi connectivity index (χ3n) is 4.99. The van der Waals surface area contributed by atoms with Crippen LogP contribution in [0.2, 0.25) is 0 Å². The third kappa shape index (κ3) is 3.30. The first-order chi connectivity index (χ1) is 13.8. The zero-order valence-corrected chi connectivity index (χ0v) is 17.5. The lowest BCUT2D eigenvalue weighted by atomic mass is 10.1. The second-order valence-corrected chi connectivity index (χ2v) is 10.0. The molecule has 0 fully saturated rings. The minimum absolute atomic E-state index is 0.0496. The molecule has 1 aliphatic heterocycles. The number of fused-ring (bicyclic) bond motifs is 2. The SMILES string of the molecule is CCS(=O)(=O)c1cc2c(nc1-c1nc3cc(C(F)(F)F)ncc3n1C)CC(C)(C)O2. The van der Waals surface area contributed by atoms with Gasteiger partial charge in [-0.2, -0.15) is 13.2 Å². The molecule has 0 radical (unpaired) electrons. The van der Waals surface area contributed by atoms with Crippen molar-refractivity contribution in [2.75, 3.05) is 5.75 Å². The van der Waals surface area contributed by atoms with Crippen molar-refractivity contribution in [3.63, 3.8) is 0 Å². The molecule has 7 nitrogen and oxygen atoms in total. The summed E-state index contributed by atoms with van der Waals surface area (Å²) in [6, 6.07) is 2.27. The van der Waals surface area contributed by atoms with Crippen molar-refractivity contribution in [3.05, 3.63) is 29.7 Å². The molecular formula is C19H19F3N4O3S. The number of halogens is 3. The Morgan fingerprint density at radius 3 is 2.57 bits per heavy atom. The van der Waals surface area contributed by atoms with Crippen LogP contribution in [0.3, 0.4) is 0 Å². The standard InChI is InChI=1S/C19H19F3N4O3S/c1-5-30(27,28)14-7-13-11(8-18(2,3)29-13)24-16(14)17-25-10-6-15(19(20,21)22)23-9-12(10)26(17)4/h6-7,9H,5,8H2,1-4H3. The van der Waals surface area contributed by atoms with E-state index in [0.717, 1.165) is 12.3 Å². The molecule has 0 aromatic carbocycles. The Bertz CT molecular complexity index is 1280. The van der Waals surface area contributed by atoms with Crippen LogP contribution >= 0.6 is 0 Å².